The van der Waals surface area contributed by atoms with E-state index < -0.39 is 15.7 Å². The van der Waals surface area contributed by atoms with Crippen LogP contribution in [0.1, 0.15) is 33.6 Å². The molecule has 1 unspecified atom stereocenters. The second kappa shape index (κ2) is 5.03. The summed E-state index contributed by atoms with van der Waals surface area (Å²) in [4.78, 5) is 11.9. The standard InChI is InChI=1S/C12H23N3O3S/c1-10-5-4-7-14(9-10)19(17,18)15-8-6-13-11(16)12(15,2)3/h10H,4-9H2,1-3H3,(H,13,16). The molecule has 110 valence electrons. The van der Waals surface area contributed by atoms with E-state index in [0.717, 1.165) is 12.8 Å². The summed E-state index contributed by atoms with van der Waals surface area (Å²) in [7, 11) is -3.55. The summed E-state index contributed by atoms with van der Waals surface area (Å²) in [5.74, 6) is 0.151. The highest BCUT2D eigenvalue weighted by Crippen LogP contribution is 2.27. The number of hydrogen-bond donors (Lipinski definition) is 1. The fourth-order valence-corrected chi connectivity index (χ4v) is 4.84. The van der Waals surface area contributed by atoms with Gasteiger partial charge in [0.2, 0.25) is 5.91 Å². The summed E-state index contributed by atoms with van der Waals surface area (Å²) in [5, 5.41) is 2.72. The Labute approximate surface area is 115 Å². The lowest BCUT2D eigenvalue weighted by Gasteiger charge is -2.43. The van der Waals surface area contributed by atoms with E-state index in [1.807, 2.05) is 0 Å². The van der Waals surface area contributed by atoms with E-state index in [0.29, 0.717) is 32.1 Å². The first-order chi connectivity index (χ1) is 8.76. The Bertz CT molecular complexity index is 461. The summed E-state index contributed by atoms with van der Waals surface area (Å²) in [6, 6.07) is 0. The van der Waals surface area contributed by atoms with Crippen molar-refractivity contribution in [3.63, 3.8) is 0 Å². The van der Waals surface area contributed by atoms with Crippen LogP contribution in [0.3, 0.4) is 0 Å². The van der Waals surface area contributed by atoms with Gasteiger partial charge in [0.1, 0.15) is 5.54 Å². The number of nitrogens with one attached hydrogen (secondary N) is 1. The smallest absolute Gasteiger partial charge is 0.283 e. The maximum atomic E-state index is 12.7. The molecule has 0 radical (unpaired) electrons. The van der Waals surface area contributed by atoms with Crippen LogP contribution in [0, 0.1) is 5.92 Å². The van der Waals surface area contributed by atoms with Crippen LogP contribution >= 0.6 is 0 Å². The molecule has 0 aromatic carbocycles. The molecule has 7 heteroatoms. The molecule has 2 heterocycles. The maximum Gasteiger partial charge on any atom is 0.283 e. The minimum Gasteiger partial charge on any atom is -0.353 e. The molecule has 2 fully saturated rings. The number of piperidine rings is 1. The van der Waals surface area contributed by atoms with Crippen LogP contribution in [-0.2, 0) is 15.0 Å². The van der Waals surface area contributed by atoms with Crippen molar-refractivity contribution in [2.45, 2.75) is 39.2 Å². The molecular weight excluding hydrogens is 266 g/mol. The molecule has 0 bridgehead atoms. The highest BCUT2D eigenvalue weighted by Gasteiger charge is 2.46. The highest BCUT2D eigenvalue weighted by molar-refractivity contribution is 7.86. The van der Waals surface area contributed by atoms with Gasteiger partial charge >= 0.3 is 0 Å². The fourth-order valence-electron chi connectivity index (χ4n) is 2.78. The number of rotatable bonds is 2. The molecule has 2 saturated heterocycles. The van der Waals surface area contributed by atoms with Crippen LogP contribution in [0.15, 0.2) is 0 Å². The topological polar surface area (TPSA) is 69.7 Å². The minimum atomic E-state index is -3.55. The average molecular weight is 289 g/mol. The highest BCUT2D eigenvalue weighted by atomic mass is 32.2. The van der Waals surface area contributed by atoms with Gasteiger partial charge < -0.3 is 5.32 Å². The van der Waals surface area contributed by atoms with Crippen LogP contribution in [0.4, 0.5) is 0 Å². The second-order valence-corrected chi connectivity index (χ2v) is 7.85. The molecule has 2 rings (SSSR count). The Morgan fingerprint density at radius 1 is 1.32 bits per heavy atom. The first kappa shape index (κ1) is 14.7. The number of carbonyl (C=O) groups is 1. The predicted molar refractivity (Wildman–Crippen MR) is 72.7 cm³/mol. The summed E-state index contributed by atoms with van der Waals surface area (Å²) < 4.78 is 28.3. The predicted octanol–water partition coefficient (Wildman–Crippen LogP) is 0.174. The van der Waals surface area contributed by atoms with Gasteiger partial charge in [0.05, 0.1) is 0 Å². The van der Waals surface area contributed by atoms with Gasteiger partial charge in [-0.15, -0.1) is 0 Å². The molecule has 0 aliphatic carbocycles. The molecule has 0 spiro atoms. The summed E-state index contributed by atoms with van der Waals surface area (Å²) in [5.41, 5.74) is -1.02. The maximum absolute atomic E-state index is 12.7. The van der Waals surface area contributed by atoms with Crippen molar-refractivity contribution < 1.29 is 13.2 Å². The van der Waals surface area contributed by atoms with Crippen molar-refractivity contribution in [2.24, 2.45) is 5.92 Å². The Hall–Kier alpha value is -0.660. The van der Waals surface area contributed by atoms with E-state index in [-0.39, 0.29) is 5.91 Å². The van der Waals surface area contributed by atoms with E-state index >= 15 is 0 Å². The van der Waals surface area contributed by atoms with Gasteiger partial charge in [0.15, 0.2) is 0 Å². The van der Waals surface area contributed by atoms with E-state index in [9.17, 15) is 13.2 Å². The summed E-state index contributed by atoms with van der Waals surface area (Å²) in [6.45, 7) is 7.21. The van der Waals surface area contributed by atoms with Gasteiger partial charge in [-0.3, -0.25) is 4.79 Å². The van der Waals surface area contributed by atoms with Gasteiger partial charge in [0, 0.05) is 26.2 Å². The van der Waals surface area contributed by atoms with Gasteiger partial charge in [-0.05, 0) is 32.6 Å². The van der Waals surface area contributed by atoms with E-state index in [1.54, 1.807) is 13.8 Å². The molecule has 19 heavy (non-hydrogen) atoms. The number of nitrogens with zero attached hydrogens (tertiary/aromatic N) is 2. The third-order valence-corrected chi connectivity index (χ3v) is 6.18. The molecule has 0 saturated carbocycles. The molecule has 6 nitrogen and oxygen atoms in total. The number of carbonyl (C=O) groups excluding carboxylic acids is 1. The van der Waals surface area contributed by atoms with E-state index in [4.69, 9.17) is 0 Å². The normalized spacial score (nSPS) is 30.1. The Morgan fingerprint density at radius 3 is 2.63 bits per heavy atom. The Morgan fingerprint density at radius 2 is 2.00 bits per heavy atom. The second-order valence-electron chi connectivity index (χ2n) is 6.00. The van der Waals surface area contributed by atoms with Crippen molar-refractivity contribution in [2.75, 3.05) is 26.2 Å². The quantitative estimate of drug-likeness (QED) is 0.788. The van der Waals surface area contributed by atoms with Gasteiger partial charge in [-0.25, -0.2) is 0 Å². The number of hydrogen-bond acceptors (Lipinski definition) is 3. The lowest BCUT2D eigenvalue weighted by Crippen LogP contribution is -2.65. The molecule has 0 aromatic heterocycles. The molecule has 0 aromatic rings. The van der Waals surface area contributed by atoms with Crippen molar-refractivity contribution in [3.05, 3.63) is 0 Å². The molecule has 2 aliphatic heterocycles. The van der Waals surface area contributed by atoms with Crippen molar-refractivity contribution in [1.29, 1.82) is 0 Å². The largest absolute Gasteiger partial charge is 0.353 e. The van der Waals surface area contributed by atoms with Gasteiger partial charge in [-0.2, -0.15) is 17.0 Å². The minimum absolute atomic E-state index is 0.229. The van der Waals surface area contributed by atoms with Crippen LogP contribution < -0.4 is 5.32 Å². The molecule has 2 aliphatic rings. The summed E-state index contributed by atoms with van der Waals surface area (Å²) >= 11 is 0. The fraction of sp³-hybridized carbons (Fsp3) is 0.917. The van der Waals surface area contributed by atoms with Crippen molar-refractivity contribution >= 4 is 16.1 Å². The first-order valence-electron chi connectivity index (χ1n) is 6.82. The number of piperazine rings is 1. The zero-order valence-electron chi connectivity index (χ0n) is 11.8. The Kier molecular flexibility index (Phi) is 3.90. The zero-order valence-corrected chi connectivity index (χ0v) is 12.7. The van der Waals surface area contributed by atoms with Gasteiger partial charge in [0.25, 0.3) is 10.2 Å². The molecule has 1 amide bonds. The SMILES string of the molecule is CC1CCCN(S(=O)(=O)N2CCNC(=O)C2(C)C)C1. The van der Waals surface area contributed by atoms with E-state index in [2.05, 4.69) is 12.2 Å². The Balaban J connectivity index is 2.25. The third-order valence-electron chi connectivity index (χ3n) is 4.00. The first-order valence-corrected chi connectivity index (χ1v) is 8.22. The van der Waals surface area contributed by atoms with E-state index in [1.165, 1.54) is 8.61 Å². The monoisotopic (exact) mass is 289 g/mol. The molecule has 1 atom stereocenters. The molecule has 1 N–H and O–H groups in total. The lowest BCUT2D eigenvalue weighted by atomic mass is 10.0. The van der Waals surface area contributed by atoms with Crippen LogP contribution in [0.5, 0.6) is 0 Å². The van der Waals surface area contributed by atoms with Crippen LogP contribution in [-0.4, -0.2) is 54.7 Å². The van der Waals surface area contributed by atoms with Crippen molar-refractivity contribution in [3.8, 4) is 0 Å². The van der Waals surface area contributed by atoms with Crippen LogP contribution in [0.25, 0.3) is 0 Å². The number of amides is 1. The van der Waals surface area contributed by atoms with Crippen LogP contribution in [0.2, 0.25) is 0 Å². The summed E-state index contributed by atoms with van der Waals surface area (Å²) in [6.07, 6.45) is 1.96. The zero-order chi connectivity index (χ0) is 14.3. The molecular formula is C12H23N3O3S. The average Bonchev–Trinajstić information content (AvgIpc) is 2.32. The third kappa shape index (κ3) is 2.64. The van der Waals surface area contributed by atoms with Crippen molar-refractivity contribution in [1.82, 2.24) is 13.9 Å². The lowest BCUT2D eigenvalue weighted by molar-refractivity contribution is -0.131. The van der Waals surface area contributed by atoms with Gasteiger partial charge in [-0.1, -0.05) is 6.92 Å².